The Morgan fingerprint density at radius 3 is 2.50 bits per heavy atom. The van der Waals surface area contributed by atoms with Crippen molar-refractivity contribution in [1.29, 1.82) is 0 Å². The molecule has 0 radical (unpaired) electrons. The third kappa shape index (κ3) is 1.49. The van der Waals surface area contributed by atoms with Crippen LogP contribution in [0.2, 0.25) is 5.15 Å². The van der Waals surface area contributed by atoms with Crippen LogP contribution in [0.4, 0.5) is 0 Å². The van der Waals surface area contributed by atoms with Crippen LogP contribution >= 0.6 is 22.9 Å². The molecule has 0 aliphatic rings. The van der Waals surface area contributed by atoms with Crippen molar-refractivity contribution < 1.29 is 0 Å². The van der Waals surface area contributed by atoms with Gasteiger partial charge in [0.2, 0.25) is 0 Å². The first-order valence-electron chi connectivity index (χ1n) is 4.81. The summed E-state index contributed by atoms with van der Waals surface area (Å²) in [5, 5.41) is 12.6. The van der Waals surface area contributed by atoms with Crippen LogP contribution in [-0.2, 0) is 0 Å². The van der Waals surface area contributed by atoms with E-state index in [-0.39, 0.29) is 0 Å². The molecule has 0 amide bonds. The molecule has 3 rings (SSSR count). The molecule has 0 saturated heterocycles. The standard InChI is InChI=1S/C12H7ClN2S/c13-12-9-5-2-1-4-8(9)11(14-15-12)10-6-3-7-16-10/h1-7H. The lowest BCUT2D eigenvalue weighted by Gasteiger charge is -2.03. The largest absolute Gasteiger partial charge is 0.159 e. The van der Waals surface area contributed by atoms with Gasteiger partial charge in [-0.05, 0) is 11.4 Å². The Morgan fingerprint density at radius 1 is 0.938 bits per heavy atom. The number of fused-ring (bicyclic) bond motifs is 1. The van der Waals surface area contributed by atoms with Crippen molar-refractivity contribution in [2.24, 2.45) is 0 Å². The van der Waals surface area contributed by atoms with Crippen molar-refractivity contribution in [3.63, 3.8) is 0 Å². The Morgan fingerprint density at radius 2 is 1.75 bits per heavy atom. The number of hydrogen-bond acceptors (Lipinski definition) is 3. The molecule has 0 spiro atoms. The zero-order valence-corrected chi connectivity index (χ0v) is 9.79. The highest BCUT2D eigenvalue weighted by Gasteiger charge is 2.09. The number of halogens is 1. The molecule has 2 nitrogen and oxygen atoms in total. The lowest BCUT2D eigenvalue weighted by molar-refractivity contribution is 1.06. The summed E-state index contributed by atoms with van der Waals surface area (Å²) in [6, 6.07) is 12.0. The van der Waals surface area contributed by atoms with Gasteiger partial charge < -0.3 is 0 Å². The fraction of sp³-hybridized carbons (Fsp3) is 0. The second kappa shape index (κ2) is 3.85. The van der Waals surface area contributed by atoms with Gasteiger partial charge in [-0.3, -0.25) is 0 Å². The van der Waals surface area contributed by atoms with E-state index in [9.17, 15) is 0 Å². The van der Waals surface area contributed by atoms with Gasteiger partial charge in [-0.25, -0.2) is 0 Å². The fourth-order valence-electron chi connectivity index (χ4n) is 1.67. The van der Waals surface area contributed by atoms with Crippen molar-refractivity contribution in [2.45, 2.75) is 0 Å². The molecule has 2 aromatic heterocycles. The summed E-state index contributed by atoms with van der Waals surface area (Å²) >= 11 is 7.67. The highest BCUT2D eigenvalue weighted by atomic mass is 35.5. The maximum absolute atomic E-state index is 6.02. The second-order valence-corrected chi connectivity index (χ2v) is 4.67. The molecule has 1 aromatic carbocycles. The van der Waals surface area contributed by atoms with E-state index >= 15 is 0 Å². The molecule has 3 aromatic rings. The second-order valence-electron chi connectivity index (χ2n) is 3.36. The number of aromatic nitrogens is 2. The average molecular weight is 247 g/mol. The summed E-state index contributed by atoms with van der Waals surface area (Å²) in [4.78, 5) is 1.11. The minimum Gasteiger partial charge on any atom is -0.147 e. The Balaban J connectivity index is 2.39. The molecule has 0 bridgehead atoms. The van der Waals surface area contributed by atoms with Gasteiger partial charge in [-0.15, -0.1) is 21.5 Å². The molecular weight excluding hydrogens is 240 g/mol. The molecule has 16 heavy (non-hydrogen) atoms. The van der Waals surface area contributed by atoms with E-state index in [2.05, 4.69) is 10.2 Å². The highest BCUT2D eigenvalue weighted by Crippen LogP contribution is 2.31. The number of hydrogen-bond donors (Lipinski definition) is 0. The van der Waals surface area contributed by atoms with E-state index in [1.807, 2.05) is 41.8 Å². The maximum atomic E-state index is 6.02. The third-order valence-corrected chi connectivity index (χ3v) is 3.55. The number of nitrogens with zero attached hydrogens (tertiary/aromatic N) is 2. The quantitative estimate of drug-likeness (QED) is 0.648. The van der Waals surface area contributed by atoms with Crippen molar-refractivity contribution in [3.8, 4) is 10.6 Å². The van der Waals surface area contributed by atoms with E-state index in [0.717, 1.165) is 21.3 Å². The minimum atomic E-state index is 0.455. The Bertz CT molecular complexity index is 635. The van der Waals surface area contributed by atoms with Crippen molar-refractivity contribution in [1.82, 2.24) is 10.2 Å². The Hall–Kier alpha value is -1.45. The molecule has 78 valence electrons. The van der Waals surface area contributed by atoms with Gasteiger partial charge >= 0.3 is 0 Å². The van der Waals surface area contributed by atoms with Crippen LogP contribution in [0.15, 0.2) is 41.8 Å². The summed E-state index contributed by atoms with van der Waals surface area (Å²) in [5.74, 6) is 0. The minimum absolute atomic E-state index is 0.455. The topological polar surface area (TPSA) is 25.8 Å². The van der Waals surface area contributed by atoms with E-state index < -0.39 is 0 Å². The molecule has 0 fully saturated rings. The first-order chi connectivity index (χ1) is 7.86. The number of benzene rings is 1. The maximum Gasteiger partial charge on any atom is 0.159 e. The van der Waals surface area contributed by atoms with Crippen LogP contribution in [-0.4, -0.2) is 10.2 Å². The smallest absolute Gasteiger partial charge is 0.147 e. The van der Waals surface area contributed by atoms with Gasteiger partial charge in [0, 0.05) is 10.8 Å². The average Bonchev–Trinajstić information content (AvgIpc) is 2.83. The fourth-order valence-corrected chi connectivity index (χ4v) is 2.59. The van der Waals surface area contributed by atoms with Crippen LogP contribution in [0.3, 0.4) is 0 Å². The molecule has 0 saturated carbocycles. The zero-order chi connectivity index (χ0) is 11.0. The van der Waals surface area contributed by atoms with E-state index in [1.54, 1.807) is 11.3 Å². The Kier molecular flexibility index (Phi) is 2.35. The predicted molar refractivity (Wildman–Crippen MR) is 67.9 cm³/mol. The molecule has 2 heterocycles. The SMILES string of the molecule is Clc1nnc(-c2cccs2)c2ccccc12. The Labute approximate surface area is 102 Å². The molecule has 0 N–H and O–H groups in total. The molecule has 0 aliphatic heterocycles. The van der Waals surface area contributed by atoms with Crippen LogP contribution in [0.5, 0.6) is 0 Å². The predicted octanol–water partition coefficient (Wildman–Crippen LogP) is 4.01. The lowest BCUT2D eigenvalue weighted by atomic mass is 10.1. The number of thiophene rings is 1. The normalized spacial score (nSPS) is 10.8. The van der Waals surface area contributed by atoms with Gasteiger partial charge in [0.1, 0.15) is 5.69 Å². The molecule has 0 atom stereocenters. The third-order valence-electron chi connectivity index (χ3n) is 2.40. The van der Waals surface area contributed by atoms with E-state index in [1.165, 1.54) is 0 Å². The highest BCUT2D eigenvalue weighted by molar-refractivity contribution is 7.13. The molecule has 4 heteroatoms. The van der Waals surface area contributed by atoms with Crippen LogP contribution in [0.25, 0.3) is 21.3 Å². The summed E-state index contributed by atoms with van der Waals surface area (Å²) in [6.45, 7) is 0. The van der Waals surface area contributed by atoms with E-state index in [0.29, 0.717) is 5.15 Å². The zero-order valence-electron chi connectivity index (χ0n) is 8.22. The summed E-state index contributed by atoms with van der Waals surface area (Å²) < 4.78 is 0. The van der Waals surface area contributed by atoms with Gasteiger partial charge in [0.25, 0.3) is 0 Å². The van der Waals surface area contributed by atoms with Gasteiger partial charge in [-0.1, -0.05) is 41.9 Å². The van der Waals surface area contributed by atoms with Crippen molar-refractivity contribution >= 4 is 33.7 Å². The van der Waals surface area contributed by atoms with Crippen LogP contribution in [0, 0.1) is 0 Å². The summed E-state index contributed by atoms with van der Waals surface area (Å²) in [6.07, 6.45) is 0. The molecule has 0 unspecified atom stereocenters. The molecule has 0 aliphatic carbocycles. The van der Waals surface area contributed by atoms with Crippen molar-refractivity contribution in [2.75, 3.05) is 0 Å². The summed E-state index contributed by atoms with van der Waals surface area (Å²) in [5.41, 5.74) is 0.898. The van der Waals surface area contributed by atoms with Gasteiger partial charge in [-0.2, -0.15) is 0 Å². The number of rotatable bonds is 1. The van der Waals surface area contributed by atoms with Crippen molar-refractivity contribution in [3.05, 3.63) is 46.9 Å². The van der Waals surface area contributed by atoms with Gasteiger partial charge in [0.05, 0.1) is 4.88 Å². The van der Waals surface area contributed by atoms with E-state index in [4.69, 9.17) is 11.6 Å². The molecular formula is C12H7ClN2S. The van der Waals surface area contributed by atoms with Gasteiger partial charge in [0.15, 0.2) is 5.15 Å². The van der Waals surface area contributed by atoms with Crippen LogP contribution < -0.4 is 0 Å². The lowest BCUT2D eigenvalue weighted by Crippen LogP contribution is -1.89. The first-order valence-corrected chi connectivity index (χ1v) is 6.07. The summed E-state index contributed by atoms with van der Waals surface area (Å²) in [7, 11) is 0. The van der Waals surface area contributed by atoms with Crippen LogP contribution in [0.1, 0.15) is 0 Å². The monoisotopic (exact) mass is 246 g/mol. The first kappa shape index (κ1) is 9.75.